The summed E-state index contributed by atoms with van der Waals surface area (Å²) in [6.07, 6.45) is 5.26. The number of H-pyrrole nitrogens is 1. The standard InChI is InChI=1S/C21H24FN3O2/c1-25(14-18-9-10-20(27-18)19-4-2-3-11-26-19)13-16-12-23-24-21(16)15-5-7-17(22)8-6-15/h5-10,12,19H,2-4,11,13-14H2,1H3,(H,23,24). The predicted octanol–water partition coefficient (Wildman–Crippen LogP) is 4.68. The molecule has 0 bridgehead atoms. The maximum Gasteiger partial charge on any atom is 0.133 e. The Morgan fingerprint density at radius 3 is 2.78 bits per heavy atom. The first-order valence-electron chi connectivity index (χ1n) is 9.36. The van der Waals surface area contributed by atoms with E-state index < -0.39 is 0 Å². The number of aromatic nitrogens is 2. The van der Waals surface area contributed by atoms with E-state index in [1.165, 1.54) is 18.6 Å². The summed E-state index contributed by atoms with van der Waals surface area (Å²) in [5, 5.41) is 7.18. The number of rotatable bonds is 6. The number of benzene rings is 1. The molecule has 3 heterocycles. The molecular weight excluding hydrogens is 345 g/mol. The van der Waals surface area contributed by atoms with Gasteiger partial charge in [0.25, 0.3) is 0 Å². The number of hydrogen-bond acceptors (Lipinski definition) is 4. The molecule has 3 aromatic rings. The van der Waals surface area contributed by atoms with Crippen LogP contribution in [0.1, 0.15) is 42.5 Å². The van der Waals surface area contributed by atoms with Crippen LogP contribution < -0.4 is 0 Å². The van der Waals surface area contributed by atoms with Gasteiger partial charge in [0.05, 0.1) is 18.4 Å². The Balaban J connectivity index is 1.40. The average molecular weight is 369 g/mol. The van der Waals surface area contributed by atoms with E-state index in [9.17, 15) is 4.39 Å². The Hall–Kier alpha value is -2.44. The molecule has 1 aromatic carbocycles. The van der Waals surface area contributed by atoms with Crippen LogP contribution in [-0.2, 0) is 17.8 Å². The fourth-order valence-electron chi connectivity index (χ4n) is 3.53. The number of aromatic amines is 1. The van der Waals surface area contributed by atoms with Gasteiger partial charge in [-0.15, -0.1) is 0 Å². The molecule has 5 nitrogen and oxygen atoms in total. The molecule has 0 spiro atoms. The maximum absolute atomic E-state index is 13.2. The molecule has 1 aliphatic heterocycles. The summed E-state index contributed by atoms with van der Waals surface area (Å²) < 4.78 is 25.0. The lowest BCUT2D eigenvalue weighted by atomic mass is 10.1. The third kappa shape index (κ3) is 4.28. The van der Waals surface area contributed by atoms with Crippen molar-refractivity contribution in [3.8, 4) is 11.3 Å². The Morgan fingerprint density at radius 2 is 2.00 bits per heavy atom. The van der Waals surface area contributed by atoms with Gasteiger partial charge in [0.15, 0.2) is 0 Å². The first kappa shape index (κ1) is 17.9. The largest absolute Gasteiger partial charge is 0.462 e. The zero-order valence-electron chi connectivity index (χ0n) is 15.5. The average Bonchev–Trinajstić information content (AvgIpc) is 3.33. The summed E-state index contributed by atoms with van der Waals surface area (Å²) in [5.41, 5.74) is 2.90. The highest BCUT2D eigenvalue weighted by atomic mass is 19.1. The number of halogens is 1. The highest BCUT2D eigenvalue weighted by Gasteiger charge is 2.20. The smallest absolute Gasteiger partial charge is 0.133 e. The van der Waals surface area contributed by atoms with Crippen molar-refractivity contribution in [2.24, 2.45) is 0 Å². The van der Waals surface area contributed by atoms with Crippen LogP contribution in [0.4, 0.5) is 4.39 Å². The molecule has 0 saturated carbocycles. The zero-order chi connectivity index (χ0) is 18.6. The molecule has 142 valence electrons. The van der Waals surface area contributed by atoms with Crippen molar-refractivity contribution in [3.63, 3.8) is 0 Å². The molecule has 1 saturated heterocycles. The molecule has 0 aliphatic carbocycles. The molecule has 1 fully saturated rings. The number of nitrogens with one attached hydrogen (secondary N) is 1. The van der Waals surface area contributed by atoms with E-state index in [1.807, 2.05) is 25.4 Å². The van der Waals surface area contributed by atoms with Crippen LogP contribution in [0.5, 0.6) is 0 Å². The van der Waals surface area contributed by atoms with E-state index in [2.05, 4.69) is 15.1 Å². The van der Waals surface area contributed by atoms with Gasteiger partial charge < -0.3 is 9.15 Å². The van der Waals surface area contributed by atoms with Crippen molar-refractivity contribution in [2.75, 3.05) is 13.7 Å². The number of hydrogen-bond donors (Lipinski definition) is 1. The first-order chi connectivity index (χ1) is 13.2. The predicted molar refractivity (Wildman–Crippen MR) is 100 cm³/mol. The zero-order valence-corrected chi connectivity index (χ0v) is 15.5. The third-order valence-corrected chi connectivity index (χ3v) is 4.90. The van der Waals surface area contributed by atoms with Crippen molar-refractivity contribution in [1.82, 2.24) is 15.1 Å². The van der Waals surface area contributed by atoms with Crippen LogP contribution in [-0.4, -0.2) is 28.8 Å². The van der Waals surface area contributed by atoms with Gasteiger partial charge in [0.2, 0.25) is 0 Å². The molecule has 27 heavy (non-hydrogen) atoms. The summed E-state index contributed by atoms with van der Waals surface area (Å²) in [7, 11) is 2.04. The van der Waals surface area contributed by atoms with Crippen molar-refractivity contribution in [3.05, 3.63) is 65.5 Å². The minimum atomic E-state index is -0.243. The molecule has 0 radical (unpaired) electrons. The van der Waals surface area contributed by atoms with Crippen molar-refractivity contribution in [1.29, 1.82) is 0 Å². The highest BCUT2D eigenvalue weighted by Crippen LogP contribution is 2.29. The van der Waals surface area contributed by atoms with Gasteiger partial charge in [-0.1, -0.05) is 0 Å². The van der Waals surface area contributed by atoms with Crippen molar-refractivity contribution in [2.45, 2.75) is 38.5 Å². The lowest BCUT2D eigenvalue weighted by Crippen LogP contribution is -2.17. The number of ether oxygens (including phenoxy) is 1. The summed E-state index contributed by atoms with van der Waals surface area (Å²) in [4.78, 5) is 2.17. The van der Waals surface area contributed by atoms with Gasteiger partial charge in [-0.2, -0.15) is 5.10 Å². The second kappa shape index (κ2) is 8.06. The second-order valence-corrected chi connectivity index (χ2v) is 7.11. The van der Waals surface area contributed by atoms with Crippen LogP contribution in [0.2, 0.25) is 0 Å². The van der Waals surface area contributed by atoms with Gasteiger partial charge >= 0.3 is 0 Å². The Labute approximate surface area is 158 Å². The van der Waals surface area contributed by atoms with Crippen molar-refractivity contribution < 1.29 is 13.5 Å². The SMILES string of the molecule is CN(Cc1ccc(C2CCCCO2)o1)Cc1cn[nH]c1-c1ccc(F)cc1. The van der Waals surface area contributed by atoms with E-state index in [0.29, 0.717) is 13.1 Å². The lowest BCUT2D eigenvalue weighted by molar-refractivity contribution is 0.000908. The lowest BCUT2D eigenvalue weighted by Gasteiger charge is -2.20. The Bertz CT molecular complexity index is 866. The van der Waals surface area contributed by atoms with Gasteiger partial charge in [0, 0.05) is 24.3 Å². The molecule has 0 amide bonds. The Morgan fingerprint density at radius 1 is 1.15 bits per heavy atom. The van der Waals surface area contributed by atoms with Gasteiger partial charge in [-0.05, 0) is 62.7 Å². The normalized spacial score (nSPS) is 17.5. The van der Waals surface area contributed by atoms with E-state index in [0.717, 1.165) is 47.8 Å². The molecular formula is C21H24FN3O2. The molecule has 1 N–H and O–H groups in total. The summed E-state index contributed by atoms with van der Waals surface area (Å²) >= 11 is 0. The quantitative estimate of drug-likeness (QED) is 0.685. The summed E-state index contributed by atoms with van der Waals surface area (Å²) in [6.45, 7) is 2.22. The van der Waals surface area contributed by atoms with E-state index in [-0.39, 0.29) is 11.9 Å². The van der Waals surface area contributed by atoms with Gasteiger partial charge in [-0.3, -0.25) is 10.00 Å². The maximum atomic E-state index is 13.2. The van der Waals surface area contributed by atoms with Crippen LogP contribution in [0.3, 0.4) is 0 Å². The van der Waals surface area contributed by atoms with Crippen LogP contribution in [0, 0.1) is 5.82 Å². The molecule has 1 atom stereocenters. The number of nitrogens with zero attached hydrogens (tertiary/aromatic N) is 2. The molecule has 4 rings (SSSR count). The minimum Gasteiger partial charge on any atom is -0.462 e. The molecule has 1 unspecified atom stereocenters. The highest BCUT2D eigenvalue weighted by molar-refractivity contribution is 5.62. The van der Waals surface area contributed by atoms with Crippen LogP contribution in [0.25, 0.3) is 11.3 Å². The van der Waals surface area contributed by atoms with E-state index in [4.69, 9.17) is 9.15 Å². The minimum absolute atomic E-state index is 0.0942. The topological polar surface area (TPSA) is 54.3 Å². The summed E-state index contributed by atoms with van der Waals surface area (Å²) in [6, 6.07) is 10.5. The van der Waals surface area contributed by atoms with E-state index >= 15 is 0 Å². The molecule has 6 heteroatoms. The summed E-state index contributed by atoms with van der Waals surface area (Å²) in [5.74, 6) is 1.61. The first-order valence-corrected chi connectivity index (χ1v) is 9.36. The fraction of sp³-hybridized carbons (Fsp3) is 0.381. The van der Waals surface area contributed by atoms with E-state index in [1.54, 1.807) is 12.1 Å². The molecule has 1 aliphatic rings. The van der Waals surface area contributed by atoms with Gasteiger partial charge in [0.1, 0.15) is 23.4 Å². The molecule has 2 aromatic heterocycles. The fourth-order valence-corrected chi connectivity index (χ4v) is 3.53. The van der Waals surface area contributed by atoms with Crippen molar-refractivity contribution >= 4 is 0 Å². The van der Waals surface area contributed by atoms with Crippen LogP contribution in [0.15, 0.2) is 47.0 Å². The van der Waals surface area contributed by atoms with Crippen LogP contribution >= 0.6 is 0 Å². The monoisotopic (exact) mass is 369 g/mol. The third-order valence-electron chi connectivity index (χ3n) is 4.90. The Kier molecular flexibility index (Phi) is 5.36. The second-order valence-electron chi connectivity index (χ2n) is 7.11. The van der Waals surface area contributed by atoms with Gasteiger partial charge in [-0.25, -0.2) is 4.39 Å². The number of furan rings is 1.